The van der Waals surface area contributed by atoms with Gasteiger partial charge in [0.05, 0.1) is 17.5 Å². The number of rotatable bonds is 4. The molecule has 2 aromatic rings. The van der Waals surface area contributed by atoms with E-state index in [2.05, 4.69) is 20.4 Å². The molecule has 0 unspecified atom stereocenters. The summed E-state index contributed by atoms with van der Waals surface area (Å²) in [5.74, 6) is 1.33. The molecule has 0 atom stereocenters. The Bertz CT molecular complexity index is 539. The highest BCUT2D eigenvalue weighted by Crippen LogP contribution is 2.14. The van der Waals surface area contributed by atoms with Crippen molar-refractivity contribution in [1.29, 1.82) is 0 Å². The van der Waals surface area contributed by atoms with Crippen molar-refractivity contribution in [1.82, 2.24) is 15.1 Å². The number of nitrogens with one attached hydrogen (secondary N) is 1. The Morgan fingerprint density at radius 3 is 3.06 bits per heavy atom. The number of nitro groups is 1. The van der Waals surface area contributed by atoms with Crippen LogP contribution in [0.4, 0.5) is 11.5 Å². The number of anilines is 1. The molecule has 8 heteroatoms. The first-order valence-corrected chi connectivity index (χ1v) is 4.78. The monoisotopic (exact) mass is 235 g/mol. The predicted octanol–water partition coefficient (Wildman–Crippen LogP) is 1.29. The summed E-state index contributed by atoms with van der Waals surface area (Å²) in [5.41, 5.74) is -0.0215. The first-order valence-electron chi connectivity index (χ1n) is 4.78. The first-order chi connectivity index (χ1) is 8.15. The summed E-state index contributed by atoms with van der Waals surface area (Å²) in [5, 5.41) is 17.1. The fourth-order valence-corrected chi connectivity index (χ4v) is 1.21. The second kappa shape index (κ2) is 4.56. The summed E-state index contributed by atoms with van der Waals surface area (Å²) in [6, 6.07) is 2.66. The van der Waals surface area contributed by atoms with Gasteiger partial charge in [-0.25, -0.2) is 4.98 Å². The van der Waals surface area contributed by atoms with E-state index >= 15 is 0 Å². The highest BCUT2D eigenvalue weighted by molar-refractivity contribution is 5.44. The Balaban J connectivity index is 2.04. The van der Waals surface area contributed by atoms with Crippen molar-refractivity contribution in [3.8, 4) is 0 Å². The van der Waals surface area contributed by atoms with Crippen LogP contribution in [0.1, 0.15) is 11.7 Å². The van der Waals surface area contributed by atoms with Crippen molar-refractivity contribution in [2.24, 2.45) is 0 Å². The number of aromatic nitrogens is 3. The van der Waals surface area contributed by atoms with Gasteiger partial charge in [0.1, 0.15) is 5.82 Å². The Morgan fingerprint density at radius 1 is 1.59 bits per heavy atom. The van der Waals surface area contributed by atoms with Crippen LogP contribution in [0.25, 0.3) is 0 Å². The fraction of sp³-hybridized carbons (Fsp3) is 0.222. The largest absolute Gasteiger partial charge is 0.362 e. The maximum Gasteiger partial charge on any atom is 0.274 e. The van der Waals surface area contributed by atoms with Crippen LogP contribution in [0.3, 0.4) is 0 Å². The molecule has 0 radical (unpaired) electrons. The van der Waals surface area contributed by atoms with Crippen molar-refractivity contribution in [2.45, 2.75) is 13.5 Å². The molecule has 0 bridgehead atoms. The number of hydrogen-bond acceptors (Lipinski definition) is 7. The van der Waals surface area contributed by atoms with Gasteiger partial charge in [-0.2, -0.15) is 4.98 Å². The minimum atomic E-state index is -0.481. The van der Waals surface area contributed by atoms with Crippen LogP contribution in [0.15, 0.2) is 22.9 Å². The van der Waals surface area contributed by atoms with E-state index in [1.54, 1.807) is 6.92 Å². The minimum Gasteiger partial charge on any atom is -0.362 e. The molecule has 0 aromatic carbocycles. The third-order valence-electron chi connectivity index (χ3n) is 1.95. The second-order valence-electron chi connectivity index (χ2n) is 3.24. The number of pyridine rings is 1. The molecule has 2 heterocycles. The van der Waals surface area contributed by atoms with Gasteiger partial charge in [0.25, 0.3) is 5.69 Å². The Hall–Kier alpha value is -2.51. The number of aryl methyl sites for hydroxylation is 1. The van der Waals surface area contributed by atoms with Crippen LogP contribution in [0.2, 0.25) is 0 Å². The third-order valence-corrected chi connectivity index (χ3v) is 1.95. The van der Waals surface area contributed by atoms with Crippen LogP contribution >= 0.6 is 0 Å². The van der Waals surface area contributed by atoms with Crippen LogP contribution < -0.4 is 5.32 Å². The van der Waals surface area contributed by atoms with Gasteiger partial charge in [0.2, 0.25) is 5.89 Å². The molecule has 0 spiro atoms. The smallest absolute Gasteiger partial charge is 0.274 e. The molecular formula is C9H9N5O3. The SMILES string of the molecule is Cc1nc(CNc2cc([N+](=O)[O-])ccn2)no1. The molecule has 8 nitrogen and oxygen atoms in total. The average molecular weight is 235 g/mol. The number of nitrogens with zero attached hydrogens (tertiary/aromatic N) is 4. The lowest BCUT2D eigenvalue weighted by atomic mass is 10.4. The van der Waals surface area contributed by atoms with E-state index in [9.17, 15) is 10.1 Å². The minimum absolute atomic E-state index is 0.0215. The molecule has 0 aliphatic carbocycles. The Kier molecular flexibility index (Phi) is 2.95. The van der Waals surface area contributed by atoms with Crippen LogP contribution in [0.5, 0.6) is 0 Å². The number of hydrogen-bond donors (Lipinski definition) is 1. The summed E-state index contributed by atoms with van der Waals surface area (Å²) in [7, 11) is 0. The van der Waals surface area contributed by atoms with E-state index in [1.807, 2.05) is 0 Å². The summed E-state index contributed by atoms with van der Waals surface area (Å²) >= 11 is 0. The topological polar surface area (TPSA) is 107 Å². The molecule has 0 fully saturated rings. The zero-order valence-corrected chi connectivity index (χ0v) is 8.95. The van der Waals surface area contributed by atoms with Gasteiger partial charge in [-0.15, -0.1) is 0 Å². The Morgan fingerprint density at radius 2 is 2.41 bits per heavy atom. The summed E-state index contributed by atoms with van der Waals surface area (Å²) < 4.78 is 4.79. The Labute approximate surface area is 95.8 Å². The molecule has 2 aromatic heterocycles. The molecule has 0 saturated carbocycles. The molecule has 0 amide bonds. The molecule has 17 heavy (non-hydrogen) atoms. The molecule has 1 N–H and O–H groups in total. The van der Waals surface area contributed by atoms with Gasteiger partial charge < -0.3 is 9.84 Å². The van der Waals surface area contributed by atoms with Gasteiger partial charge in [0, 0.05) is 19.2 Å². The van der Waals surface area contributed by atoms with E-state index < -0.39 is 4.92 Å². The van der Waals surface area contributed by atoms with E-state index in [1.165, 1.54) is 18.3 Å². The highest BCUT2D eigenvalue weighted by atomic mass is 16.6. The van der Waals surface area contributed by atoms with Gasteiger partial charge >= 0.3 is 0 Å². The van der Waals surface area contributed by atoms with Crippen molar-refractivity contribution >= 4 is 11.5 Å². The van der Waals surface area contributed by atoms with E-state index in [4.69, 9.17) is 4.52 Å². The lowest BCUT2D eigenvalue weighted by Crippen LogP contribution is -2.03. The van der Waals surface area contributed by atoms with Crippen LogP contribution in [-0.2, 0) is 6.54 Å². The van der Waals surface area contributed by atoms with E-state index in [0.717, 1.165) is 0 Å². The lowest BCUT2D eigenvalue weighted by molar-refractivity contribution is -0.384. The zero-order valence-electron chi connectivity index (χ0n) is 8.95. The molecular weight excluding hydrogens is 226 g/mol. The van der Waals surface area contributed by atoms with E-state index in [0.29, 0.717) is 24.1 Å². The maximum absolute atomic E-state index is 10.5. The van der Waals surface area contributed by atoms with Crippen molar-refractivity contribution < 1.29 is 9.45 Å². The summed E-state index contributed by atoms with van der Waals surface area (Å²) in [6.45, 7) is 1.98. The molecule has 0 aliphatic heterocycles. The average Bonchev–Trinajstić information content (AvgIpc) is 2.73. The molecule has 2 rings (SSSR count). The molecule has 0 aliphatic rings. The molecule has 88 valence electrons. The van der Waals surface area contributed by atoms with E-state index in [-0.39, 0.29) is 5.69 Å². The van der Waals surface area contributed by atoms with Gasteiger partial charge in [-0.05, 0) is 0 Å². The highest BCUT2D eigenvalue weighted by Gasteiger charge is 2.07. The van der Waals surface area contributed by atoms with Crippen molar-refractivity contribution in [2.75, 3.05) is 5.32 Å². The van der Waals surface area contributed by atoms with Gasteiger partial charge in [0.15, 0.2) is 5.82 Å². The lowest BCUT2D eigenvalue weighted by Gasteiger charge is -2.01. The predicted molar refractivity (Wildman–Crippen MR) is 57.3 cm³/mol. The van der Waals surface area contributed by atoms with Gasteiger partial charge in [-0.1, -0.05) is 5.16 Å². The van der Waals surface area contributed by atoms with Crippen LogP contribution in [-0.4, -0.2) is 20.0 Å². The molecule has 0 saturated heterocycles. The van der Waals surface area contributed by atoms with Crippen LogP contribution in [0, 0.1) is 17.0 Å². The quantitative estimate of drug-likeness (QED) is 0.628. The van der Waals surface area contributed by atoms with Crippen molar-refractivity contribution in [3.63, 3.8) is 0 Å². The third kappa shape index (κ3) is 2.74. The summed E-state index contributed by atoms with van der Waals surface area (Å²) in [4.78, 5) is 18.0. The standard InChI is InChI=1S/C9H9N5O3/c1-6-12-9(13-17-6)5-11-8-4-7(14(15)16)2-3-10-8/h2-4H,5H2,1H3,(H,10,11). The second-order valence-corrected chi connectivity index (χ2v) is 3.24. The van der Waals surface area contributed by atoms with Gasteiger partial charge in [-0.3, -0.25) is 10.1 Å². The fourth-order valence-electron chi connectivity index (χ4n) is 1.21. The van der Waals surface area contributed by atoms with Crippen molar-refractivity contribution in [3.05, 3.63) is 40.2 Å². The first kappa shape index (κ1) is 11.0. The normalized spacial score (nSPS) is 10.2. The summed E-state index contributed by atoms with van der Waals surface area (Å²) in [6.07, 6.45) is 1.36. The zero-order chi connectivity index (χ0) is 12.3. The maximum atomic E-state index is 10.5.